The molecule has 1 aromatic heterocycles. The first-order valence-electron chi connectivity index (χ1n) is 6.17. The summed E-state index contributed by atoms with van der Waals surface area (Å²) in [5.41, 5.74) is 2.20. The van der Waals surface area contributed by atoms with Crippen LogP contribution in [0.3, 0.4) is 0 Å². The predicted molar refractivity (Wildman–Crippen MR) is 77.5 cm³/mol. The Kier molecular flexibility index (Phi) is 4.77. The number of hydrogen-bond acceptors (Lipinski definition) is 3. The minimum atomic E-state index is 0.212. The summed E-state index contributed by atoms with van der Waals surface area (Å²) in [6.45, 7) is 2.80. The van der Waals surface area contributed by atoms with Crippen LogP contribution < -0.4 is 10.1 Å². The number of pyridine rings is 1. The summed E-state index contributed by atoms with van der Waals surface area (Å²) in [7, 11) is 1.63. The van der Waals surface area contributed by atoms with Gasteiger partial charge in [0.15, 0.2) is 0 Å². The van der Waals surface area contributed by atoms with Crippen LogP contribution in [-0.2, 0) is 6.54 Å². The fourth-order valence-corrected chi connectivity index (χ4v) is 2.10. The van der Waals surface area contributed by atoms with E-state index in [0.717, 1.165) is 16.1 Å². The van der Waals surface area contributed by atoms with Gasteiger partial charge in [-0.05, 0) is 30.7 Å². The van der Waals surface area contributed by atoms with Gasteiger partial charge < -0.3 is 10.1 Å². The number of hydrogen-bond donors (Lipinski definition) is 1. The SMILES string of the molecule is COc1ncccc1CN[C@H](C)c1cccc(Cl)c1. The molecule has 19 heavy (non-hydrogen) atoms. The molecule has 4 heteroatoms. The lowest BCUT2D eigenvalue weighted by Gasteiger charge is -2.15. The summed E-state index contributed by atoms with van der Waals surface area (Å²) in [6, 6.07) is 12.0. The maximum Gasteiger partial charge on any atom is 0.217 e. The van der Waals surface area contributed by atoms with Gasteiger partial charge in [-0.1, -0.05) is 29.8 Å². The number of benzene rings is 1. The number of rotatable bonds is 5. The van der Waals surface area contributed by atoms with Crippen molar-refractivity contribution in [2.45, 2.75) is 19.5 Å². The third-order valence-electron chi connectivity index (χ3n) is 2.99. The molecule has 2 rings (SSSR count). The van der Waals surface area contributed by atoms with Gasteiger partial charge in [0.25, 0.3) is 0 Å². The van der Waals surface area contributed by atoms with Crippen LogP contribution in [0.1, 0.15) is 24.1 Å². The monoisotopic (exact) mass is 276 g/mol. The summed E-state index contributed by atoms with van der Waals surface area (Å²) in [4.78, 5) is 4.18. The molecule has 3 nitrogen and oxygen atoms in total. The molecule has 0 saturated heterocycles. The second kappa shape index (κ2) is 6.55. The van der Waals surface area contributed by atoms with Gasteiger partial charge in [-0.3, -0.25) is 0 Å². The molecular weight excluding hydrogens is 260 g/mol. The molecule has 0 radical (unpaired) electrons. The van der Waals surface area contributed by atoms with Crippen LogP contribution >= 0.6 is 11.6 Å². The van der Waals surface area contributed by atoms with Crippen molar-refractivity contribution < 1.29 is 4.74 Å². The maximum atomic E-state index is 6.00. The number of halogens is 1. The third kappa shape index (κ3) is 3.69. The van der Waals surface area contributed by atoms with Crippen molar-refractivity contribution >= 4 is 11.6 Å². The van der Waals surface area contributed by atoms with Gasteiger partial charge >= 0.3 is 0 Å². The van der Waals surface area contributed by atoms with Crippen LogP contribution in [0.2, 0.25) is 5.02 Å². The Hall–Kier alpha value is -1.58. The van der Waals surface area contributed by atoms with E-state index in [2.05, 4.69) is 23.3 Å². The van der Waals surface area contributed by atoms with Crippen molar-refractivity contribution in [3.05, 3.63) is 58.7 Å². The van der Waals surface area contributed by atoms with Crippen LogP contribution in [0.5, 0.6) is 5.88 Å². The van der Waals surface area contributed by atoms with E-state index in [1.54, 1.807) is 13.3 Å². The molecule has 1 aromatic carbocycles. The molecule has 0 saturated carbocycles. The molecule has 1 atom stereocenters. The standard InChI is InChI=1S/C15H17ClN2O/c1-11(12-5-3-7-14(16)9-12)18-10-13-6-4-8-17-15(13)19-2/h3-9,11,18H,10H2,1-2H3/t11-/m1/s1. The highest BCUT2D eigenvalue weighted by molar-refractivity contribution is 6.30. The lowest BCUT2D eigenvalue weighted by Crippen LogP contribution is -2.18. The van der Waals surface area contributed by atoms with E-state index >= 15 is 0 Å². The minimum Gasteiger partial charge on any atom is -0.481 e. The van der Waals surface area contributed by atoms with Crippen LogP contribution in [0.4, 0.5) is 0 Å². The van der Waals surface area contributed by atoms with Crippen LogP contribution in [0.25, 0.3) is 0 Å². The number of nitrogens with one attached hydrogen (secondary N) is 1. The van der Waals surface area contributed by atoms with Crippen LogP contribution in [0, 0.1) is 0 Å². The Bertz CT molecular complexity index is 545. The molecule has 0 amide bonds. The molecule has 0 aliphatic carbocycles. The Labute approximate surface area is 118 Å². The molecule has 0 unspecified atom stereocenters. The highest BCUT2D eigenvalue weighted by atomic mass is 35.5. The first-order chi connectivity index (χ1) is 9.20. The highest BCUT2D eigenvalue weighted by Gasteiger charge is 2.08. The van der Waals surface area contributed by atoms with Gasteiger partial charge in [0.2, 0.25) is 5.88 Å². The Morgan fingerprint density at radius 2 is 2.16 bits per heavy atom. The number of aromatic nitrogens is 1. The van der Waals surface area contributed by atoms with Gasteiger partial charge in [-0.25, -0.2) is 4.98 Å². The lowest BCUT2D eigenvalue weighted by molar-refractivity contribution is 0.389. The van der Waals surface area contributed by atoms with E-state index in [9.17, 15) is 0 Å². The average Bonchev–Trinajstić information content (AvgIpc) is 2.45. The molecule has 1 heterocycles. The molecular formula is C15H17ClN2O. The number of ether oxygens (including phenoxy) is 1. The van der Waals surface area contributed by atoms with Gasteiger partial charge in [0, 0.05) is 29.4 Å². The summed E-state index contributed by atoms with van der Waals surface area (Å²) < 4.78 is 5.23. The second-order valence-electron chi connectivity index (χ2n) is 4.33. The van der Waals surface area contributed by atoms with E-state index in [1.165, 1.54) is 0 Å². The molecule has 0 bridgehead atoms. The molecule has 0 aliphatic heterocycles. The Balaban J connectivity index is 2.02. The van der Waals surface area contributed by atoms with Crippen molar-refractivity contribution in [1.82, 2.24) is 10.3 Å². The van der Waals surface area contributed by atoms with E-state index in [-0.39, 0.29) is 6.04 Å². The summed E-state index contributed by atoms with van der Waals surface area (Å²) in [5, 5.41) is 4.19. The zero-order valence-corrected chi connectivity index (χ0v) is 11.8. The second-order valence-corrected chi connectivity index (χ2v) is 4.77. The Morgan fingerprint density at radius 3 is 2.89 bits per heavy atom. The number of nitrogens with zero attached hydrogens (tertiary/aromatic N) is 1. The van der Waals surface area contributed by atoms with Gasteiger partial charge in [-0.15, -0.1) is 0 Å². The van der Waals surface area contributed by atoms with Gasteiger partial charge in [0.05, 0.1) is 7.11 Å². The number of methoxy groups -OCH3 is 1. The van der Waals surface area contributed by atoms with E-state index in [1.807, 2.05) is 30.3 Å². The normalized spacial score (nSPS) is 12.2. The predicted octanol–water partition coefficient (Wildman–Crippen LogP) is 3.59. The van der Waals surface area contributed by atoms with Crippen LogP contribution in [0.15, 0.2) is 42.6 Å². The maximum absolute atomic E-state index is 6.00. The summed E-state index contributed by atoms with van der Waals surface area (Å²) in [5.74, 6) is 0.660. The van der Waals surface area contributed by atoms with Crippen molar-refractivity contribution in [1.29, 1.82) is 0 Å². The van der Waals surface area contributed by atoms with Crippen molar-refractivity contribution in [2.75, 3.05) is 7.11 Å². The first kappa shape index (κ1) is 13.8. The Morgan fingerprint density at radius 1 is 1.32 bits per heavy atom. The van der Waals surface area contributed by atoms with Crippen molar-refractivity contribution in [3.8, 4) is 5.88 Å². The zero-order valence-electron chi connectivity index (χ0n) is 11.1. The van der Waals surface area contributed by atoms with Crippen molar-refractivity contribution in [3.63, 3.8) is 0 Å². The van der Waals surface area contributed by atoms with E-state index in [4.69, 9.17) is 16.3 Å². The molecule has 1 N–H and O–H groups in total. The first-order valence-corrected chi connectivity index (χ1v) is 6.55. The molecule has 100 valence electrons. The fraction of sp³-hybridized carbons (Fsp3) is 0.267. The van der Waals surface area contributed by atoms with E-state index < -0.39 is 0 Å². The average molecular weight is 277 g/mol. The molecule has 0 aliphatic rings. The van der Waals surface area contributed by atoms with Crippen molar-refractivity contribution in [2.24, 2.45) is 0 Å². The highest BCUT2D eigenvalue weighted by Crippen LogP contribution is 2.19. The third-order valence-corrected chi connectivity index (χ3v) is 3.23. The molecule has 2 aromatic rings. The lowest BCUT2D eigenvalue weighted by atomic mass is 10.1. The fourth-order valence-electron chi connectivity index (χ4n) is 1.90. The zero-order chi connectivity index (χ0) is 13.7. The topological polar surface area (TPSA) is 34.1 Å². The molecule has 0 spiro atoms. The summed E-state index contributed by atoms with van der Waals surface area (Å²) in [6.07, 6.45) is 1.72. The van der Waals surface area contributed by atoms with Gasteiger partial charge in [-0.2, -0.15) is 0 Å². The van der Waals surface area contributed by atoms with Crippen LogP contribution in [-0.4, -0.2) is 12.1 Å². The summed E-state index contributed by atoms with van der Waals surface area (Å²) >= 11 is 6.00. The quantitative estimate of drug-likeness (QED) is 0.906. The molecule has 0 fully saturated rings. The van der Waals surface area contributed by atoms with E-state index in [0.29, 0.717) is 12.4 Å². The minimum absolute atomic E-state index is 0.212. The smallest absolute Gasteiger partial charge is 0.217 e. The largest absolute Gasteiger partial charge is 0.481 e. The van der Waals surface area contributed by atoms with Gasteiger partial charge in [0.1, 0.15) is 0 Å².